The summed E-state index contributed by atoms with van der Waals surface area (Å²) < 4.78 is 5.10. The fourth-order valence-corrected chi connectivity index (χ4v) is 13.9. The van der Waals surface area contributed by atoms with Crippen LogP contribution < -0.4 is 26.2 Å². The number of fused-ring (bicyclic) bond motifs is 10. The molecule has 0 saturated carbocycles. The van der Waals surface area contributed by atoms with Gasteiger partial charge in [0.1, 0.15) is 0 Å². The van der Waals surface area contributed by atoms with Crippen molar-refractivity contribution >= 4 is 111 Å². The van der Waals surface area contributed by atoms with Gasteiger partial charge in [0.25, 0.3) is 6.71 Å². The first kappa shape index (κ1) is 43.7. The van der Waals surface area contributed by atoms with Gasteiger partial charge in [-0.05, 0) is 123 Å². The second kappa shape index (κ2) is 17.5. The maximum absolute atomic E-state index is 2.56. The quantitative estimate of drug-likeness (QED) is 0.147. The SMILES string of the molecule is c1ccc(-c2ccccc2N2c3cc(-c4ccc(-c5ccc6sc7ccccc7c6c5)cc4)ccc3B3c4ccc(-n5c6ccccc6c6ccccc65)cc4N(c4ccccc4-c4ccccc4)c4cccc2c43)cc1. The van der Waals surface area contributed by atoms with Crippen molar-refractivity contribution in [3.63, 3.8) is 0 Å². The predicted octanol–water partition coefficient (Wildman–Crippen LogP) is 17.9. The standard InChI is InChI=1S/C72H46BN3S/c1-3-18-49(19-4-1)54-22-7-12-27-62(54)75-66-31-17-32-67-72(66)73(60-41-38-52(45-68(60)75)48-36-34-47(35-37-48)51-39-43-71-59(44-51)58-26-11-16-33-70(58)77-71)61-42-40-53(74-64-29-14-9-24-56(64)57-25-10-15-30-65(57)74)46-69(61)76(67)63-28-13-8-23-55(63)50-20-5-2-6-21-50/h1-46H. The van der Waals surface area contributed by atoms with E-state index < -0.39 is 0 Å². The molecule has 2 aromatic heterocycles. The Kier molecular flexibility index (Phi) is 9.91. The summed E-state index contributed by atoms with van der Waals surface area (Å²) in [5, 5.41) is 5.13. The molecule has 0 N–H and O–H groups in total. The van der Waals surface area contributed by atoms with Crippen LogP contribution in [0.4, 0.5) is 34.1 Å². The average molecular weight is 996 g/mol. The Balaban J connectivity index is 0.923. The smallest absolute Gasteiger partial charge is 0.252 e. The first-order valence-electron chi connectivity index (χ1n) is 26.5. The van der Waals surface area contributed by atoms with Gasteiger partial charge >= 0.3 is 0 Å². The highest BCUT2D eigenvalue weighted by atomic mass is 32.1. The molecule has 4 heterocycles. The number of nitrogens with zero attached hydrogens (tertiary/aromatic N) is 3. The lowest BCUT2D eigenvalue weighted by atomic mass is 9.33. The van der Waals surface area contributed by atoms with E-state index in [0.29, 0.717) is 0 Å². The van der Waals surface area contributed by atoms with E-state index in [4.69, 9.17) is 0 Å². The van der Waals surface area contributed by atoms with Crippen molar-refractivity contribution in [1.82, 2.24) is 4.57 Å². The molecule has 14 aromatic rings. The minimum atomic E-state index is -0.0711. The summed E-state index contributed by atoms with van der Waals surface area (Å²) in [6.45, 7) is -0.0711. The molecule has 0 radical (unpaired) electrons. The van der Waals surface area contributed by atoms with Crippen molar-refractivity contribution in [2.24, 2.45) is 0 Å². The van der Waals surface area contributed by atoms with E-state index in [1.807, 2.05) is 11.3 Å². The summed E-state index contributed by atoms with van der Waals surface area (Å²) in [6, 6.07) is 104. The summed E-state index contributed by atoms with van der Waals surface area (Å²) in [5.74, 6) is 0. The number of hydrogen-bond acceptors (Lipinski definition) is 3. The lowest BCUT2D eigenvalue weighted by molar-refractivity contribution is 1.17. The Morgan fingerprint density at radius 2 is 0.727 bits per heavy atom. The summed E-state index contributed by atoms with van der Waals surface area (Å²) in [7, 11) is 0. The molecule has 12 aromatic carbocycles. The number of aromatic nitrogens is 1. The normalized spacial score (nSPS) is 12.6. The number of hydrogen-bond donors (Lipinski definition) is 0. The highest BCUT2D eigenvalue weighted by Gasteiger charge is 2.44. The Labute approximate surface area is 451 Å². The summed E-state index contributed by atoms with van der Waals surface area (Å²) >= 11 is 1.86. The molecule has 358 valence electrons. The van der Waals surface area contributed by atoms with Crippen molar-refractivity contribution in [3.8, 4) is 50.2 Å². The molecule has 0 fully saturated rings. The highest BCUT2D eigenvalue weighted by molar-refractivity contribution is 7.25. The first-order chi connectivity index (χ1) is 38.2. The fourth-order valence-electron chi connectivity index (χ4n) is 12.8. The Hall–Kier alpha value is -9.68. The van der Waals surface area contributed by atoms with Gasteiger partial charge in [0.2, 0.25) is 0 Å². The van der Waals surface area contributed by atoms with E-state index in [0.717, 1.165) is 17.1 Å². The molecule has 2 aliphatic rings. The maximum atomic E-state index is 2.56. The van der Waals surface area contributed by atoms with Crippen molar-refractivity contribution < 1.29 is 0 Å². The molecule has 0 aliphatic carbocycles. The van der Waals surface area contributed by atoms with Crippen LogP contribution in [0.2, 0.25) is 0 Å². The lowest BCUT2D eigenvalue weighted by Gasteiger charge is -2.45. The van der Waals surface area contributed by atoms with E-state index in [2.05, 4.69) is 293 Å². The molecule has 0 bridgehead atoms. The van der Waals surface area contributed by atoms with Crippen LogP contribution in [-0.4, -0.2) is 11.3 Å². The average Bonchev–Trinajstić information content (AvgIpc) is 4.12. The van der Waals surface area contributed by atoms with Crippen molar-refractivity contribution in [2.45, 2.75) is 0 Å². The molecule has 5 heteroatoms. The lowest BCUT2D eigenvalue weighted by Crippen LogP contribution is -2.61. The maximum Gasteiger partial charge on any atom is 0.252 e. The largest absolute Gasteiger partial charge is 0.311 e. The monoisotopic (exact) mass is 995 g/mol. The molecular weight excluding hydrogens is 950 g/mol. The van der Waals surface area contributed by atoms with E-state index >= 15 is 0 Å². The second-order valence-electron chi connectivity index (χ2n) is 20.4. The van der Waals surface area contributed by atoms with Crippen LogP contribution in [0.1, 0.15) is 0 Å². The van der Waals surface area contributed by atoms with Crippen LogP contribution in [0.3, 0.4) is 0 Å². The minimum absolute atomic E-state index is 0.0711. The summed E-state index contributed by atoms with van der Waals surface area (Å²) in [6.07, 6.45) is 0. The minimum Gasteiger partial charge on any atom is -0.311 e. The zero-order chi connectivity index (χ0) is 50.6. The number of benzene rings is 12. The van der Waals surface area contributed by atoms with Gasteiger partial charge in [-0.15, -0.1) is 11.3 Å². The van der Waals surface area contributed by atoms with Crippen LogP contribution in [0.15, 0.2) is 279 Å². The van der Waals surface area contributed by atoms with Gasteiger partial charge in [0.15, 0.2) is 0 Å². The fraction of sp³-hybridized carbons (Fsp3) is 0. The Bertz CT molecular complexity index is 4600. The second-order valence-corrected chi connectivity index (χ2v) is 21.4. The van der Waals surface area contributed by atoms with Crippen LogP contribution in [-0.2, 0) is 0 Å². The molecule has 2 aliphatic heterocycles. The van der Waals surface area contributed by atoms with Gasteiger partial charge in [0.05, 0.1) is 22.4 Å². The molecule has 16 rings (SSSR count). The topological polar surface area (TPSA) is 11.4 Å². The molecule has 0 atom stereocenters. The number of anilines is 6. The first-order valence-corrected chi connectivity index (χ1v) is 27.3. The van der Waals surface area contributed by atoms with E-state index in [1.165, 1.54) is 126 Å². The number of para-hydroxylation sites is 4. The van der Waals surface area contributed by atoms with Crippen molar-refractivity contribution in [1.29, 1.82) is 0 Å². The molecule has 0 amide bonds. The third-order valence-corrected chi connectivity index (χ3v) is 17.4. The Morgan fingerprint density at radius 3 is 1.35 bits per heavy atom. The summed E-state index contributed by atoms with van der Waals surface area (Å²) in [5.41, 5.74) is 23.8. The molecular formula is C72H46BN3S. The van der Waals surface area contributed by atoms with Gasteiger partial charge in [-0.2, -0.15) is 0 Å². The summed E-state index contributed by atoms with van der Waals surface area (Å²) in [4.78, 5) is 5.12. The zero-order valence-electron chi connectivity index (χ0n) is 41.9. The van der Waals surface area contributed by atoms with Crippen LogP contribution in [0.25, 0.3) is 92.2 Å². The van der Waals surface area contributed by atoms with E-state index in [1.54, 1.807) is 0 Å². The van der Waals surface area contributed by atoms with Crippen LogP contribution >= 0.6 is 11.3 Å². The van der Waals surface area contributed by atoms with E-state index in [9.17, 15) is 0 Å². The van der Waals surface area contributed by atoms with Gasteiger partial charge in [-0.1, -0.05) is 206 Å². The Morgan fingerprint density at radius 1 is 0.273 bits per heavy atom. The molecule has 77 heavy (non-hydrogen) atoms. The van der Waals surface area contributed by atoms with Gasteiger partial charge in [0, 0.05) is 70.5 Å². The zero-order valence-corrected chi connectivity index (χ0v) is 42.7. The molecule has 3 nitrogen and oxygen atoms in total. The number of rotatable bonds is 7. The van der Waals surface area contributed by atoms with Gasteiger partial charge < -0.3 is 14.4 Å². The predicted molar refractivity (Wildman–Crippen MR) is 329 cm³/mol. The third-order valence-electron chi connectivity index (χ3n) is 16.2. The molecule has 0 saturated heterocycles. The number of thiophene rings is 1. The highest BCUT2D eigenvalue weighted by Crippen LogP contribution is 2.49. The molecule has 0 spiro atoms. The van der Waals surface area contributed by atoms with Crippen LogP contribution in [0, 0.1) is 0 Å². The van der Waals surface area contributed by atoms with Crippen LogP contribution in [0.5, 0.6) is 0 Å². The van der Waals surface area contributed by atoms with Gasteiger partial charge in [-0.3, -0.25) is 0 Å². The van der Waals surface area contributed by atoms with Gasteiger partial charge in [-0.25, -0.2) is 0 Å². The van der Waals surface area contributed by atoms with Crippen molar-refractivity contribution in [2.75, 3.05) is 9.80 Å². The third kappa shape index (κ3) is 6.84. The van der Waals surface area contributed by atoms with E-state index in [-0.39, 0.29) is 6.71 Å². The van der Waals surface area contributed by atoms with Crippen molar-refractivity contribution in [3.05, 3.63) is 279 Å². The molecule has 0 unspecified atom stereocenters.